The molecule has 2 rings (SSSR count). The Morgan fingerprint density at radius 1 is 1.35 bits per heavy atom. The van der Waals surface area contributed by atoms with Crippen molar-refractivity contribution in [3.63, 3.8) is 0 Å². The van der Waals surface area contributed by atoms with Gasteiger partial charge >= 0.3 is 12.1 Å². The number of hydrogen-bond donors (Lipinski definition) is 2. The second-order valence-electron chi connectivity index (χ2n) is 5.46. The molecule has 1 atom stereocenters. The van der Waals surface area contributed by atoms with E-state index in [4.69, 9.17) is 5.11 Å². The molecule has 10 nitrogen and oxygen atoms in total. The number of carbonyl (C=O) groups is 2. The smallest absolute Gasteiger partial charge is 0.451 e. The van der Waals surface area contributed by atoms with Gasteiger partial charge in [0.2, 0.25) is 11.6 Å². The minimum atomic E-state index is -4.72. The third-order valence-corrected chi connectivity index (χ3v) is 3.58. The number of aromatic amines is 1. The molecule has 0 radical (unpaired) electrons. The van der Waals surface area contributed by atoms with Crippen LogP contribution in [0.1, 0.15) is 42.5 Å². The molecule has 0 aromatic carbocycles. The molecule has 0 saturated carbocycles. The average molecular weight is 375 g/mol. The first-order valence-corrected chi connectivity index (χ1v) is 7.51. The van der Waals surface area contributed by atoms with E-state index in [1.807, 2.05) is 0 Å². The summed E-state index contributed by atoms with van der Waals surface area (Å²) in [6, 6.07) is -0.397. The predicted molar refractivity (Wildman–Crippen MR) is 79.5 cm³/mol. The Morgan fingerprint density at radius 2 is 2.00 bits per heavy atom. The Labute approximate surface area is 145 Å². The monoisotopic (exact) mass is 375 g/mol. The SMILES string of the molecule is CCC(C)N(CC(=O)O)C(=O)c1nc(C)n(-c2n[nH]c(C(F)(F)F)n2)n1. The first kappa shape index (κ1) is 19.3. The van der Waals surface area contributed by atoms with Gasteiger partial charge in [0, 0.05) is 6.04 Å². The highest BCUT2D eigenvalue weighted by atomic mass is 19.4. The number of nitrogens with zero attached hydrogens (tertiary/aromatic N) is 6. The van der Waals surface area contributed by atoms with E-state index in [-0.39, 0.29) is 11.6 Å². The number of amides is 1. The van der Waals surface area contributed by atoms with Crippen LogP contribution in [-0.4, -0.2) is 64.4 Å². The number of halogens is 3. The third-order valence-electron chi connectivity index (χ3n) is 3.58. The van der Waals surface area contributed by atoms with E-state index < -0.39 is 42.4 Å². The van der Waals surface area contributed by atoms with E-state index in [9.17, 15) is 22.8 Å². The van der Waals surface area contributed by atoms with E-state index in [0.29, 0.717) is 6.42 Å². The van der Waals surface area contributed by atoms with Gasteiger partial charge in [0.15, 0.2) is 0 Å². The van der Waals surface area contributed by atoms with Crippen LogP contribution in [0, 0.1) is 6.92 Å². The third kappa shape index (κ3) is 3.97. The molecular formula is C13H16F3N7O3. The second kappa shape index (κ2) is 7.09. The Balaban J connectivity index is 2.35. The molecule has 1 unspecified atom stereocenters. The van der Waals surface area contributed by atoms with Gasteiger partial charge in [-0.25, -0.2) is 4.98 Å². The molecule has 142 valence electrons. The van der Waals surface area contributed by atoms with Crippen molar-refractivity contribution in [3.05, 3.63) is 17.5 Å². The maximum atomic E-state index is 12.6. The zero-order chi connectivity index (χ0) is 19.6. The minimum absolute atomic E-state index is 0.0699. The van der Waals surface area contributed by atoms with Gasteiger partial charge in [-0.3, -0.25) is 14.7 Å². The van der Waals surface area contributed by atoms with E-state index in [1.54, 1.807) is 18.9 Å². The van der Waals surface area contributed by atoms with Crippen LogP contribution in [0.5, 0.6) is 0 Å². The first-order chi connectivity index (χ1) is 12.0. The van der Waals surface area contributed by atoms with Crippen LogP contribution in [0.4, 0.5) is 13.2 Å². The van der Waals surface area contributed by atoms with Crippen LogP contribution in [0.25, 0.3) is 5.95 Å². The second-order valence-corrected chi connectivity index (χ2v) is 5.46. The average Bonchev–Trinajstić information content (AvgIpc) is 3.17. The van der Waals surface area contributed by atoms with Crippen LogP contribution in [-0.2, 0) is 11.0 Å². The van der Waals surface area contributed by atoms with Gasteiger partial charge in [0.05, 0.1) is 0 Å². The summed E-state index contributed by atoms with van der Waals surface area (Å²) in [5.41, 5.74) is 0. The lowest BCUT2D eigenvalue weighted by Gasteiger charge is -2.25. The number of aromatic nitrogens is 6. The molecule has 0 saturated heterocycles. The summed E-state index contributed by atoms with van der Waals surface area (Å²) in [6.07, 6.45) is -4.22. The van der Waals surface area contributed by atoms with Gasteiger partial charge in [-0.15, -0.1) is 10.2 Å². The Morgan fingerprint density at radius 3 is 2.50 bits per heavy atom. The van der Waals surface area contributed by atoms with Gasteiger partial charge in [-0.1, -0.05) is 6.92 Å². The van der Waals surface area contributed by atoms with Crippen molar-refractivity contribution in [2.75, 3.05) is 6.54 Å². The lowest BCUT2D eigenvalue weighted by atomic mass is 10.2. The van der Waals surface area contributed by atoms with Crippen molar-refractivity contribution in [2.45, 2.75) is 39.4 Å². The number of carbonyl (C=O) groups excluding carboxylic acids is 1. The highest BCUT2D eigenvalue weighted by Gasteiger charge is 2.36. The molecule has 2 aromatic rings. The summed E-state index contributed by atoms with van der Waals surface area (Å²) < 4.78 is 38.7. The lowest BCUT2D eigenvalue weighted by Crippen LogP contribution is -2.42. The van der Waals surface area contributed by atoms with Crippen LogP contribution < -0.4 is 0 Å². The summed E-state index contributed by atoms with van der Waals surface area (Å²) in [4.78, 5) is 31.8. The largest absolute Gasteiger partial charge is 0.480 e. The van der Waals surface area contributed by atoms with E-state index >= 15 is 0 Å². The summed E-state index contributed by atoms with van der Waals surface area (Å²) in [6.45, 7) is 4.28. The van der Waals surface area contributed by atoms with Gasteiger partial charge < -0.3 is 10.0 Å². The molecule has 13 heteroatoms. The summed E-state index contributed by atoms with van der Waals surface area (Å²) >= 11 is 0. The fourth-order valence-electron chi connectivity index (χ4n) is 2.07. The molecule has 0 aliphatic carbocycles. The van der Waals surface area contributed by atoms with Crippen molar-refractivity contribution >= 4 is 11.9 Å². The summed E-state index contributed by atoms with van der Waals surface area (Å²) in [5, 5.41) is 18.0. The van der Waals surface area contributed by atoms with E-state index in [2.05, 4.69) is 20.2 Å². The number of aryl methyl sites for hydroxylation is 1. The standard InChI is InChI=1S/C13H16F3N7O3/c1-4-6(2)22(5-8(24)25)10(26)9-17-7(3)23(21-9)12-18-11(19-20-12)13(14,15)16/h6H,4-5H2,1-3H3,(H,24,25)(H,18,19,20). The molecule has 2 heterocycles. The van der Waals surface area contributed by atoms with Crippen molar-refractivity contribution in [1.29, 1.82) is 0 Å². The number of hydrogen-bond acceptors (Lipinski definition) is 6. The van der Waals surface area contributed by atoms with Crippen LogP contribution in [0.2, 0.25) is 0 Å². The van der Waals surface area contributed by atoms with Crippen molar-refractivity contribution in [3.8, 4) is 5.95 Å². The van der Waals surface area contributed by atoms with Crippen LogP contribution >= 0.6 is 0 Å². The van der Waals surface area contributed by atoms with Gasteiger partial charge in [-0.2, -0.15) is 22.8 Å². The summed E-state index contributed by atoms with van der Waals surface area (Å²) in [7, 11) is 0. The zero-order valence-electron chi connectivity index (χ0n) is 14.1. The van der Waals surface area contributed by atoms with Crippen molar-refractivity contribution in [2.24, 2.45) is 0 Å². The van der Waals surface area contributed by atoms with Crippen molar-refractivity contribution in [1.82, 2.24) is 34.8 Å². The fraction of sp³-hybridized carbons (Fsp3) is 0.538. The van der Waals surface area contributed by atoms with Crippen molar-refractivity contribution < 1.29 is 27.9 Å². The number of aliphatic carboxylic acids is 1. The highest BCUT2D eigenvalue weighted by molar-refractivity contribution is 5.92. The number of alkyl halides is 3. The van der Waals surface area contributed by atoms with Crippen LogP contribution in [0.3, 0.4) is 0 Å². The molecule has 0 aliphatic rings. The molecule has 0 bridgehead atoms. The fourth-order valence-corrected chi connectivity index (χ4v) is 2.07. The number of carboxylic acids is 1. The molecule has 1 amide bonds. The minimum Gasteiger partial charge on any atom is -0.480 e. The van der Waals surface area contributed by atoms with Gasteiger partial charge in [0.1, 0.15) is 12.4 Å². The lowest BCUT2D eigenvalue weighted by molar-refractivity contribution is -0.144. The topological polar surface area (TPSA) is 130 Å². The summed E-state index contributed by atoms with van der Waals surface area (Å²) in [5.74, 6) is -4.01. The number of nitrogens with one attached hydrogen (secondary N) is 1. The maximum absolute atomic E-state index is 12.6. The molecule has 2 aromatic heterocycles. The maximum Gasteiger partial charge on any atom is 0.451 e. The number of rotatable bonds is 6. The first-order valence-electron chi connectivity index (χ1n) is 7.51. The molecule has 26 heavy (non-hydrogen) atoms. The van der Waals surface area contributed by atoms with Gasteiger partial charge in [0.25, 0.3) is 11.9 Å². The van der Waals surface area contributed by atoms with E-state index in [0.717, 1.165) is 9.58 Å². The molecule has 0 aliphatic heterocycles. The van der Waals surface area contributed by atoms with Gasteiger partial charge in [-0.05, 0) is 20.3 Å². The number of carboxylic acid groups (broad SMARTS) is 1. The molecular weight excluding hydrogens is 359 g/mol. The Kier molecular flexibility index (Phi) is 5.28. The van der Waals surface area contributed by atoms with E-state index in [1.165, 1.54) is 6.92 Å². The highest BCUT2D eigenvalue weighted by Crippen LogP contribution is 2.26. The Bertz CT molecular complexity index is 814. The Hall–Kier alpha value is -2.99. The molecule has 0 spiro atoms. The van der Waals surface area contributed by atoms with Crippen LogP contribution in [0.15, 0.2) is 0 Å². The quantitative estimate of drug-likeness (QED) is 0.771. The normalized spacial score (nSPS) is 12.8. The predicted octanol–water partition coefficient (Wildman–Crippen LogP) is 1.04. The number of H-pyrrole nitrogens is 1. The zero-order valence-corrected chi connectivity index (χ0v) is 14.1. The molecule has 0 fully saturated rings. The molecule has 2 N–H and O–H groups in total.